The van der Waals surface area contributed by atoms with E-state index >= 15 is 0 Å². The molecule has 0 saturated heterocycles. The molecule has 0 fully saturated rings. The number of aromatic nitrogens is 2. The van der Waals surface area contributed by atoms with E-state index in [4.69, 9.17) is 11.6 Å². The highest BCUT2D eigenvalue weighted by molar-refractivity contribution is 6.30. The molecule has 2 rings (SSSR count). The Kier molecular flexibility index (Phi) is 4.18. The van der Waals surface area contributed by atoms with Crippen molar-refractivity contribution in [3.8, 4) is 0 Å². The Morgan fingerprint density at radius 2 is 2.17 bits per heavy atom. The van der Waals surface area contributed by atoms with E-state index < -0.39 is 0 Å². The molecule has 1 aromatic heterocycles. The van der Waals surface area contributed by atoms with Crippen LogP contribution in [0.4, 0.5) is 0 Å². The van der Waals surface area contributed by atoms with E-state index in [2.05, 4.69) is 23.9 Å². The summed E-state index contributed by atoms with van der Waals surface area (Å²) < 4.78 is 1.70. The van der Waals surface area contributed by atoms with Crippen LogP contribution in [0.2, 0.25) is 5.02 Å². The molecule has 0 bridgehead atoms. The molecule has 0 amide bonds. The maximum Gasteiger partial charge on any atom is 0.0538 e. The predicted molar refractivity (Wildman–Crippen MR) is 75.3 cm³/mol. The number of nitrogens with one attached hydrogen (secondary N) is 1. The average Bonchev–Trinajstić information content (AvgIpc) is 2.85. The lowest BCUT2D eigenvalue weighted by molar-refractivity contribution is 0.575. The fraction of sp³-hybridized carbons (Fsp3) is 0.214. The molecule has 1 heterocycles. The molecule has 3 nitrogen and oxygen atoms in total. The van der Waals surface area contributed by atoms with Crippen molar-refractivity contribution in [2.75, 3.05) is 0 Å². The smallest absolute Gasteiger partial charge is 0.0538 e. The van der Waals surface area contributed by atoms with Crippen molar-refractivity contribution in [3.63, 3.8) is 0 Å². The third kappa shape index (κ3) is 3.22. The second kappa shape index (κ2) is 5.85. The molecule has 0 saturated carbocycles. The summed E-state index contributed by atoms with van der Waals surface area (Å²) in [6.07, 6.45) is 5.46. The average molecular weight is 262 g/mol. The van der Waals surface area contributed by atoms with E-state index in [0.29, 0.717) is 0 Å². The van der Waals surface area contributed by atoms with Crippen LogP contribution in [-0.2, 0) is 6.54 Å². The Hall–Kier alpha value is -1.58. The summed E-state index contributed by atoms with van der Waals surface area (Å²) >= 11 is 5.87. The van der Waals surface area contributed by atoms with Crippen molar-refractivity contribution < 1.29 is 0 Å². The zero-order valence-electron chi connectivity index (χ0n) is 10.3. The van der Waals surface area contributed by atoms with Gasteiger partial charge in [-0.15, -0.1) is 0 Å². The third-order valence-corrected chi connectivity index (χ3v) is 3.08. The van der Waals surface area contributed by atoms with Gasteiger partial charge in [0, 0.05) is 35.6 Å². The van der Waals surface area contributed by atoms with Crippen molar-refractivity contribution in [2.45, 2.75) is 19.5 Å². The maximum atomic E-state index is 5.87. The van der Waals surface area contributed by atoms with Gasteiger partial charge in [0.2, 0.25) is 0 Å². The highest BCUT2D eigenvalue weighted by atomic mass is 35.5. The summed E-state index contributed by atoms with van der Waals surface area (Å²) in [6.45, 7) is 6.56. The Morgan fingerprint density at radius 1 is 1.44 bits per heavy atom. The molecule has 0 radical (unpaired) electrons. The number of halogens is 1. The molecule has 94 valence electrons. The summed E-state index contributed by atoms with van der Waals surface area (Å²) in [5.41, 5.74) is 2.35. The minimum Gasteiger partial charge on any atom is -0.306 e. The Balaban J connectivity index is 1.93. The molecule has 0 spiro atoms. The van der Waals surface area contributed by atoms with Crippen LogP contribution in [0.3, 0.4) is 0 Å². The summed E-state index contributed by atoms with van der Waals surface area (Å²) in [6, 6.07) is 8.16. The lowest BCUT2D eigenvalue weighted by Crippen LogP contribution is -2.17. The number of hydrogen-bond acceptors (Lipinski definition) is 2. The van der Waals surface area contributed by atoms with E-state index in [1.54, 1.807) is 10.9 Å². The van der Waals surface area contributed by atoms with Gasteiger partial charge >= 0.3 is 0 Å². The Labute approximate surface area is 112 Å². The number of benzene rings is 1. The molecule has 1 atom stereocenters. The zero-order chi connectivity index (χ0) is 13.0. The number of nitrogens with zero attached hydrogens (tertiary/aromatic N) is 2. The van der Waals surface area contributed by atoms with Crippen LogP contribution < -0.4 is 5.32 Å². The Bertz CT molecular complexity index is 516. The van der Waals surface area contributed by atoms with Crippen LogP contribution in [-0.4, -0.2) is 9.78 Å². The predicted octanol–water partition coefficient (Wildman–Crippen LogP) is 3.49. The topological polar surface area (TPSA) is 29.9 Å². The van der Waals surface area contributed by atoms with Crippen molar-refractivity contribution in [1.29, 1.82) is 0 Å². The lowest BCUT2D eigenvalue weighted by atomic mass is 10.1. The van der Waals surface area contributed by atoms with Crippen LogP contribution in [0.5, 0.6) is 0 Å². The van der Waals surface area contributed by atoms with Gasteiger partial charge < -0.3 is 5.32 Å². The van der Waals surface area contributed by atoms with Crippen LogP contribution >= 0.6 is 11.6 Å². The van der Waals surface area contributed by atoms with E-state index in [9.17, 15) is 0 Å². The van der Waals surface area contributed by atoms with Crippen molar-refractivity contribution in [1.82, 2.24) is 15.1 Å². The van der Waals surface area contributed by atoms with Gasteiger partial charge in [0.25, 0.3) is 0 Å². The van der Waals surface area contributed by atoms with Gasteiger partial charge in [-0.25, -0.2) is 4.68 Å². The lowest BCUT2D eigenvalue weighted by Gasteiger charge is -2.13. The van der Waals surface area contributed by atoms with E-state index in [0.717, 1.165) is 17.1 Å². The second-order valence-corrected chi connectivity index (χ2v) is 4.60. The molecular weight excluding hydrogens is 246 g/mol. The van der Waals surface area contributed by atoms with Gasteiger partial charge in [0.1, 0.15) is 0 Å². The first kappa shape index (κ1) is 12.9. The third-order valence-electron chi connectivity index (χ3n) is 2.82. The first-order chi connectivity index (χ1) is 8.69. The molecule has 0 aliphatic heterocycles. The highest BCUT2D eigenvalue weighted by Gasteiger charge is 2.05. The normalized spacial score (nSPS) is 12.3. The first-order valence-corrected chi connectivity index (χ1v) is 6.21. The summed E-state index contributed by atoms with van der Waals surface area (Å²) in [4.78, 5) is 0. The van der Waals surface area contributed by atoms with Gasteiger partial charge in [0.05, 0.1) is 6.20 Å². The van der Waals surface area contributed by atoms with Crippen molar-refractivity contribution in [3.05, 3.63) is 59.4 Å². The zero-order valence-corrected chi connectivity index (χ0v) is 11.1. The van der Waals surface area contributed by atoms with Gasteiger partial charge in [-0.2, -0.15) is 5.10 Å². The quantitative estimate of drug-likeness (QED) is 0.893. The summed E-state index contributed by atoms with van der Waals surface area (Å²) in [5, 5.41) is 8.34. The SMILES string of the molecule is C=Cn1cc(CN[C@H](C)c2ccc(Cl)cc2)cn1. The van der Waals surface area contributed by atoms with Gasteiger partial charge in [0.15, 0.2) is 0 Å². The molecule has 2 aromatic rings. The van der Waals surface area contributed by atoms with Crippen LogP contribution in [0.25, 0.3) is 6.20 Å². The fourth-order valence-corrected chi connectivity index (χ4v) is 1.83. The number of rotatable bonds is 5. The molecule has 18 heavy (non-hydrogen) atoms. The van der Waals surface area contributed by atoms with E-state index in [-0.39, 0.29) is 6.04 Å². The van der Waals surface area contributed by atoms with E-state index in [1.165, 1.54) is 5.56 Å². The van der Waals surface area contributed by atoms with Crippen molar-refractivity contribution in [2.24, 2.45) is 0 Å². The first-order valence-electron chi connectivity index (χ1n) is 5.83. The summed E-state index contributed by atoms with van der Waals surface area (Å²) in [7, 11) is 0. The van der Waals surface area contributed by atoms with Crippen LogP contribution in [0, 0.1) is 0 Å². The number of hydrogen-bond donors (Lipinski definition) is 1. The van der Waals surface area contributed by atoms with Gasteiger partial charge in [-0.1, -0.05) is 30.3 Å². The fourth-order valence-electron chi connectivity index (χ4n) is 1.71. The molecule has 0 unspecified atom stereocenters. The molecule has 0 aliphatic carbocycles. The Morgan fingerprint density at radius 3 is 2.78 bits per heavy atom. The van der Waals surface area contributed by atoms with Gasteiger partial charge in [-0.3, -0.25) is 0 Å². The second-order valence-electron chi connectivity index (χ2n) is 4.17. The largest absolute Gasteiger partial charge is 0.306 e. The maximum absolute atomic E-state index is 5.87. The minimum absolute atomic E-state index is 0.273. The molecular formula is C14H16ClN3. The highest BCUT2D eigenvalue weighted by Crippen LogP contribution is 2.16. The monoisotopic (exact) mass is 261 g/mol. The van der Waals surface area contributed by atoms with Gasteiger partial charge in [-0.05, 0) is 24.6 Å². The van der Waals surface area contributed by atoms with Crippen LogP contribution in [0.1, 0.15) is 24.1 Å². The van der Waals surface area contributed by atoms with E-state index in [1.807, 2.05) is 36.7 Å². The molecule has 0 aliphatic rings. The summed E-state index contributed by atoms with van der Waals surface area (Å²) in [5.74, 6) is 0. The van der Waals surface area contributed by atoms with Crippen molar-refractivity contribution >= 4 is 17.8 Å². The molecule has 1 N–H and O–H groups in total. The molecule has 1 aromatic carbocycles. The standard InChI is InChI=1S/C14H16ClN3/c1-3-18-10-12(9-17-18)8-16-11(2)13-4-6-14(15)7-5-13/h3-7,9-11,16H,1,8H2,2H3/t11-/m1/s1. The minimum atomic E-state index is 0.273. The van der Waals surface area contributed by atoms with Crippen LogP contribution in [0.15, 0.2) is 43.2 Å². The molecule has 4 heteroatoms.